The predicted molar refractivity (Wildman–Crippen MR) is 128 cm³/mol. The molecule has 0 fully saturated rings. The van der Waals surface area contributed by atoms with Crippen LogP contribution in [0.15, 0.2) is 66.3 Å². The van der Waals surface area contributed by atoms with Gasteiger partial charge in [0.2, 0.25) is 5.91 Å². The molecule has 2 aromatic rings. The Labute approximate surface area is 182 Å². The first-order chi connectivity index (χ1) is 14.8. The SMILES string of the molecule is CN/C=C(\C=N)c1ccncc1/C=C/C(=O)Nc1ccc(C/C(C(C)=N)=C(\C)N)cc1. The number of hydrogen-bond acceptors (Lipinski definition) is 6. The maximum Gasteiger partial charge on any atom is 0.248 e. The molecule has 0 aliphatic rings. The van der Waals surface area contributed by atoms with Crippen LogP contribution in [0.4, 0.5) is 5.69 Å². The van der Waals surface area contributed by atoms with Crippen LogP contribution in [0.5, 0.6) is 0 Å². The van der Waals surface area contributed by atoms with Crippen molar-refractivity contribution < 1.29 is 4.79 Å². The molecule has 0 aliphatic heterocycles. The molecule has 1 aromatic carbocycles. The molecule has 1 aromatic heterocycles. The van der Waals surface area contributed by atoms with Crippen molar-refractivity contribution in [3.8, 4) is 0 Å². The van der Waals surface area contributed by atoms with Crippen LogP contribution >= 0.6 is 0 Å². The maximum atomic E-state index is 12.4. The number of nitrogens with one attached hydrogen (secondary N) is 4. The summed E-state index contributed by atoms with van der Waals surface area (Å²) >= 11 is 0. The number of carbonyl (C=O) groups excluding carboxylic acids is 1. The van der Waals surface area contributed by atoms with Gasteiger partial charge >= 0.3 is 0 Å². The minimum Gasteiger partial charge on any atom is -0.402 e. The van der Waals surface area contributed by atoms with Crippen molar-refractivity contribution in [3.05, 3.63) is 83.0 Å². The number of aromatic nitrogens is 1. The van der Waals surface area contributed by atoms with Crippen molar-refractivity contribution in [1.82, 2.24) is 10.3 Å². The Balaban J connectivity index is 2.10. The molecule has 2 rings (SSSR count). The van der Waals surface area contributed by atoms with Gasteiger partial charge < -0.3 is 27.2 Å². The quantitative estimate of drug-likeness (QED) is 0.315. The zero-order valence-corrected chi connectivity index (χ0v) is 18.0. The number of hydrogen-bond donors (Lipinski definition) is 5. The van der Waals surface area contributed by atoms with Gasteiger partial charge in [-0.25, -0.2) is 0 Å². The highest BCUT2D eigenvalue weighted by Gasteiger charge is 2.07. The summed E-state index contributed by atoms with van der Waals surface area (Å²) in [7, 11) is 1.76. The predicted octanol–water partition coefficient (Wildman–Crippen LogP) is 3.76. The van der Waals surface area contributed by atoms with Crippen LogP contribution in [0.1, 0.15) is 30.5 Å². The van der Waals surface area contributed by atoms with Gasteiger partial charge in [0, 0.05) is 72.6 Å². The molecule has 0 saturated carbocycles. The van der Waals surface area contributed by atoms with E-state index in [2.05, 4.69) is 15.6 Å². The summed E-state index contributed by atoms with van der Waals surface area (Å²) in [5, 5.41) is 21.2. The summed E-state index contributed by atoms with van der Waals surface area (Å²) in [6.45, 7) is 3.52. The zero-order chi connectivity index (χ0) is 22.8. The van der Waals surface area contributed by atoms with E-state index in [1.807, 2.05) is 24.3 Å². The van der Waals surface area contributed by atoms with Gasteiger partial charge in [-0.15, -0.1) is 0 Å². The number of nitrogens with two attached hydrogens (primary N) is 1. The Morgan fingerprint density at radius 1 is 1.19 bits per heavy atom. The number of pyridine rings is 1. The van der Waals surface area contributed by atoms with Crippen molar-refractivity contribution in [2.75, 3.05) is 12.4 Å². The molecule has 7 nitrogen and oxygen atoms in total. The molecular formula is C24H28N6O. The Hall–Kier alpha value is -4.00. The Bertz CT molecular complexity index is 1040. The van der Waals surface area contributed by atoms with Gasteiger partial charge in [0.25, 0.3) is 0 Å². The smallest absolute Gasteiger partial charge is 0.248 e. The Morgan fingerprint density at radius 3 is 2.48 bits per heavy atom. The first-order valence-electron chi connectivity index (χ1n) is 9.76. The normalized spacial score (nSPS) is 12.3. The molecule has 0 bridgehead atoms. The van der Waals surface area contributed by atoms with Gasteiger partial charge in [-0.2, -0.15) is 0 Å². The molecule has 7 heteroatoms. The van der Waals surface area contributed by atoms with Crippen molar-refractivity contribution >= 4 is 35.2 Å². The topological polar surface area (TPSA) is 128 Å². The highest BCUT2D eigenvalue weighted by Crippen LogP contribution is 2.18. The summed E-state index contributed by atoms with van der Waals surface area (Å²) < 4.78 is 0. The molecular weight excluding hydrogens is 388 g/mol. The average molecular weight is 417 g/mol. The molecule has 1 heterocycles. The largest absolute Gasteiger partial charge is 0.402 e. The van der Waals surface area contributed by atoms with Crippen LogP contribution in [-0.2, 0) is 11.2 Å². The van der Waals surface area contributed by atoms with E-state index in [1.54, 1.807) is 51.6 Å². The summed E-state index contributed by atoms with van der Waals surface area (Å²) in [5.74, 6) is -0.273. The number of carbonyl (C=O) groups is 1. The number of nitrogens with zero attached hydrogens (tertiary/aromatic N) is 1. The van der Waals surface area contributed by atoms with E-state index < -0.39 is 0 Å². The monoisotopic (exact) mass is 416 g/mol. The van der Waals surface area contributed by atoms with E-state index in [0.29, 0.717) is 29.1 Å². The molecule has 0 aliphatic carbocycles. The van der Waals surface area contributed by atoms with Crippen LogP contribution in [0, 0.1) is 10.8 Å². The van der Waals surface area contributed by atoms with Crippen LogP contribution in [-0.4, -0.2) is 29.9 Å². The average Bonchev–Trinajstić information content (AvgIpc) is 2.75. The van der Waals surface area contributed by atoms with Crippen LogP contribution in [0.3, 0.4) is 0 Å². The third-order valence-electron chi connectivity index (χ3n) is 4.56. The lowest BCUT2D eigenvalue weighted by molar-refractivity contribution is -0.111. The molecule has 160 valence electrons. The summed E-state index contributed by atoms with van der Waals surface area (Å²) in [6, 6.07) is 9.25. The van der Waals surface area contributed by atoms with Gasteiger partial charge in [-0.05, 0) is 54.8 Å². The van der Waals surface area contributed by atoms with Crippen LogP contribution in [0.2, 0.25) is 0 Å². The third-order valence-corrected chi connectivity index (χ3v) is 4.56. The van der Waals surface area contributed by atoms with Gasteiger partial charge in [0.1, 0.15) is 0 Å². The molecule has 0 atom stereocenters. The standard InChI is InChI=1S/C24H28N6O/c1-16(26)23(17(2)27)12-18-4-7-21(8-5-18)30-24(31)9-6-19-15-29-11-10-22(19)20(13-25)14-28-3/h4-11,13-15,25-26,28H,12,27H2,1-3H3,(H,30,31)/b9-6+,20-14+,23-17-,25-13?,26-16?. The van der Waals surface area contributed by atoms with Crippen molar-refractivity contribution in [2.45, 2.75) is 20.3 Å². The number of benzene rings is 1. The Morgan fingerprint density at radius 2 is 1.90 bits per heavy atom. The second-order valence-corrected chi connectivity index (χ2v) is 6.98. The van der Waals surface area contributed by atoms with Crippen molar-refractivity contribution in [2.24, 2.45) is 5.73 Å². The van der Waals surface area contributed by atoms with Gasteiger partial charge in [-0.3, -0.25) is 9.78 Å². The molecule has 31 heavy (non-hydrogen) atoms. The lowest BCUT2D eigenvalue weighted by Gasteiger charge is -2.09. The second kappa shape index (κ2) is 11.3. The van der Waals surface area contributed by atoms with Crippen molar-refractivity contribution in [3.63, 3.8) is 0 Å². The molecule has 0 unspecified atom stereocenters. The van der Waals surface area contributed by atoms with Crippen LogP contribution < -0.4 is 16.4 Å². The number of allylic oxidation sites excluding steroid dienone is 3. The fourth-order valence-electron chi connectivity index (χ4n) is 2.98. The summed E-state index contributed by atoms with van der Waals surface area (Å²) in [4.78, 5) is 16.5. The first kappa shape index (κ1) is 23.3. The van der Waals surface area contributed by atoms with E-state index in [1.165, 1.54) is 12.3 Å². The summed E-state index contributed by atoms with van der Waals surface area (Å²) in [6.07, 6.45) is 9.95. The lowest BCUT2D eigenvalue weighted by Crippen LogP contribution is -2.09. The van der Waals surface area contributed by atoms with E-state index in [-0.39, 0.29) is 5.91 Å². The zero-order valence-electron chi connectivity index (χ0n) is 18.0. The fourth-order valence-corrected chi connectivity index (χ4v) is 2.98. The van der Waals surface area contributed by atoms with Gasteiger partial charge in [0.15, 0.2) is 0 Å². The van der Waals surface area contributed by atoms with E-state index in [9.17, 15) is 4.79 Å². The minimum atomic E-state index is -0.273. The first-order valence-corrected chi connectivity index (χ1v) is 9.76. The van der Waals surface area contributed by atoms with Gasteiger partial charge in [-0.1, -0.05) is 12.1 Å². The molecule has 0 radical (unpaired) electrons. The van der Waals surface area contributed by atoms with Crippen LogP contribution in [0.25, 0.3) is 11.6 Å². The highest BCUT2D eigenvalue weighted by atomic mass is 16.1. The number of amides is 1. The molecule has 0 saturated heterocycles. The van der Waals surface area contributed by atoms with E-state index in [0.717, 1.165) is 22.3 Å². The lowest BCUT2D eigenvalue weighted by atomic mass is 10.00. The number of rotatable bonds is 9. The molecule has 0 spiro atoms. The molecule has 1 amide bonds. The number of anilines is 1. The highest BCUT2D eigenvalue weighted by molar-refractivity contribution is 6.10. The van der Waals surface area contributed by atoms with E-state index >= 15 is 0 Å². The second-order valence-electron chi connectivity index (χ2n) is 6.98. The maximum absolute atomic E-state index is 12.4. The van der Waals surface area contributed by atoms with Crippen molar-refractivity contribution in [1.29, 1.82) is 10.8 Å². The third kappa shape index (κ3) is 6.78. The van der Waals surface area contributed by atoms with Gasteiger partial charge in [0.05, 0.1) is 0 Å². The summed E-state index contributed by atoms with van der Waals surface area (Å²) in [5.41, 5.74) is 11.7. The molecule has 6 N–H and O–H groups in total. The van der Waals surface area contributed by atoms with E-state index in [4.69, 9.17) is 16.6 Å². The Kier molecular flexibility index (Phi) is 8.45. The fraction of sp³-hybridized carbons (Fsp3) is 0.167. The minimum absolute atomic E-state index is 0.273.